The Morgan fingerprint density at radius 1 is 1.31 bits per heavy atom. The molecule has 0 aromatic heterocycles. The average molecular weight is 356 g/mol. The van der Waals surface area contributed by atoms with Crippen molar-refractivity contribution in [2.45, 2.75) is 13.3 Å². The molecule has 0 radical (unpaired) electrons. The molecular weight excluding hydrogens is 336 g/mol. The van der Waals surface area contributed by atoms with Gasteiger partial charge in [-0.1, -0.05) is 18.2 Å². The molecule has 0 unspecified atom stereocenters. The van der Waals surface area contributed by atoms with Gasteiger partial charge < -0.3 is 14.8 Å². The maximum Gasteiger partial charge on any atom is 0.274 e. The van der Waals surface area contributed by atoms with Gasteiger partial charge in [0.1, 0.15) is 0 Å². The fourth-order valence-corrected chi connectivity index (χ4v) is 2.41. The zero-order chi connectivity index (χ0) is 19.1. The highest BCUT2D eigenvalue weighted by Gasteiger charge is 2.15. The van der Waals surface area contributed by atoms with Crippen LogP contribution in [-0.2, 0) is 11.2 Å². The molecule has 0 heterocycles. The van der Waals surface area contributed by atoms with E-state index in [0.29, 0.717) is 29.2 Å². The highest BCUT2D eigenvalue weighted by atomic mass is 16.6. The number of allylic oxidation sites excluding steroid dienone is 1. The number of rotatable bonds is 8. The van der Waals surface area contributed by atoms with Crippen LogP contribution in [0, 0.1) is 17.0 Å². The number of carbonyl (C=O) groups is 1. The molecule has 0 saturated carbocycles. The molecule has 1 N–H and O–H groups in total. The van der Waals surface area contributed by atoms with Crippen molar-refractivity contribution in [3.05, 3.63) is 70.3 Å². The Balaban J connectivity index is 2.04. The van der Waals surface area contributed by atoms with Crippen LogP contribution in [0.1, 0.15) is 11.1 Å². The Morgan fingerprint density at radius 2 is 2.08 bits per heavy atom. The van der Waals surface area contributed by atoms with E-state index in [0.717, 1.165) is 5.56 Å². The third-order valence-corrected chi connectivity index (χ3v) is 3.74. The predicted molar refractivity (Wildman–Crippen MR) is 98.9 cm³/mol. The summed E-state index contributed by atoms with van der Waals surface area (Å²) < 4.78 is 10.8. The Labute approximate surface area is 151 Å². The summed E-state index contributed by atoms with van der Waals surface area (Å²) in [7, 11) is 1.52. The monoisotopic (exact) mass is 356 g/mol. The molecule has 0 aliphatic rings. The SMILES string of the molecule is C=CCc1ccc(OCC(=O)Nc2cccc([N+](=O)[O-])c2C)c(OC)c1. The second kappa shape index (κ2) is 8.66. The first-order valence-corrected chi connectivity index (χ1v) is 7.90. The number of amides is 1. The van der Waals surface area contributed by atoms with Gasteiger partial charge >= 0.3 is 0 Å². The van der Waals surface area contributed by atoms with E-state index in [9.17, 15) is 14.9 Å². The van der Waals surface area contributed by atoms with Crippen molar-refractivity contribution in [2.24, 2.45) is 0 Å². The highest BCUT2D eigenvalue weighted by molar-refractivity contribution is 5.93. The first-order chi connectivity index (χ1) is 12.5. The van der Waals surface area contributed by atoms with Gasteiger partial charge in [-0.3, -0.25) is 14.9 Å². The summed E-state index contributed by atoms with van der Waals surface area (Å²) >= 11 is 0. The van der Waals surface area contributed by atoms with Gasteiger partial charge in [0.05, 0.1) is 23.3 Å². The van der Waals surface area contributed by atoms with Crippen LogP contribution in [-0.4, -0.2) is 24.5 Å². The number of nitrogens with one attached hydrogen (secondary N) is 1. The Kier molecular flexibility index (Phi) is 6.32. The van der Waals surface area contributed by atoms with E-state index in [-0.39, 0.29) is 12.3 Å². The molecule has 0 aliphatic heterocycles. The number of nitro benzene ring substituents is 1. The van der Waals surface area contributed by atoms with Crippen molar-refractivity contribution in [1.82, 2.24) is 0 Å². The van der Waals surface area contributed by atoms with Gasteiger partial charge in [-0.2, -0.15) is 0 Å². The van der Waals surface area contributed by atoms with Crippen molar-refractivity contribution < 1.29 is 19.2 Å². The number of benzene rings is 2. The second-order valence-electron chi connectivity index (χ2n) is 5.52. The van der Waals surface area contributed by atoms with Crippen LogP contribution in [0.4, 0.5) is 11.4 Å². The third-order valence-electron chi connectivity index (χ3n) is 3.74. The number of nitro groups is 1. The largest absolute Gasteiger partial charge is 0.493 e. The quantitative estimate of drug-likeness (QED) is 0.443. The van der Waals surface area contributed by atoms with Gasteiger partial charge in [-0.15, -0.1) is 6.58 Å². The number of ether oxygens (including phenoxy) is 2. The molecule has 26 heavy (non-hydrogen) atoms. The molecule has 0 atom stereocenters. The topological polar surface area (TPSA) is 90.7 Å². The number of hydrogen-bond donors (Lipinski definition) is 1. The normalized spacial score (nSPS) is 10.1. The van der Waals surface area contributed by atoms with Crippen LogP contribution in [0.3, 0.4) is 0 Å². The van der Waals surface area contributed by atoms with Gasteiger partial charge in [0.15, 0.2) is 18.1 Å². The van der Waals surface area contributed by atoms with Crippen molar-refractivity contribution in [3.8, 4) is 11.5 Å². The van der Waals surface area contributed by atoms with Crippen LogP contribution in [0.25, 0.3) is 0 Å². The van der Waals surface area contributed by atoms with E-state index >= 15 is 0 Å². The first-order valence-electron chi connectivity index (χ1n) is 7.90. The molecule has 0 spiro atoms. The summed E-state index contributed by atoms with van der Waals surface area (Å²) in [6.45, 7) is 5.02. The average Bonchev–Trinajstić information content (AvgIpc) is 2.62. The first kappa shape index (κ1) is 19.0. The van der Waals surface area contributed by atoms with Gasteiger partial charge in [-0.05, 0) is 37.1 Å². The van der Waals surface area contributed by atoms with E-state index in [4.69, 9.17) is 9.47 Å². The lowest BCUT2D eigenvalue weighted by molar-refractivity contribution is -0.385. The predicted octanol–water partition coefficient (Wildman–Crippen LogP) is 3.66. The van der Waals surface area contributed by atoms with Crippen molar-refractivity contribution in [2.75, 3.05) is 19.0 Å². The summed E-state index contributed by atoms with van der Waals surface area (Å²) in [5, 5.41) is 13.6. The minimum absolute atomic E-state index is 0.0526. The number of carbonyl (C=O) groups excluding carboxylic acids is 1. The van der Waals surface area contributed by atoms with Gasteiger partial charge in [0, 0.05) is 6.07 Å². The fraction of sp³-hybridized carbons (Fsp3) is 0.211. The summed E-state index contributed by atoms with van der Waals surface area (Å²) in [6.07, 6.45) is 2.48. The molecule has 0 bridgehead atoms. The van der Waals surface area contributed by atoms with Crippen molar-refractivity contribution >= 4 is 17.3 Å². The van der Waals surface area contributed by atoms with E-state index < -0.39 is 10.8 Å². The fourth-order valence-electron chi connectivity index (χ4n) is 2.41. The molecule has 0 saturated heterocycles. The molecule has 7 nitrogen and oxygen atoms in total. The maximum atomic E-state index is 12.1. The van der Waals surface area contributed by atoms with Crippen LogP contribution in [0.15, 0.2) is 49.1 Å². The Bertz CT molecular complexity index is 833. The molecule has 0 aliphatic carbocycles. The van der Waals surface area contributed by atoms with E-state index in [1.807, 2.05) is 12.1 Å². The Morgan fingerprint density at radius 3 is 2.73 bits per heavy atom. The molecule has 1 amide bonds. The lowest BCUT2D eigenvalue weighted by Gasteiger charge is -2.12. The molecule has 7 heteroatoms. The zero-order valence-corrected chi connectivity index (χ0v) is 14.7. The van der Waals surface area contributed by atoms with Crippen LogP contribution in [0.5, 0.6) is 11.5 Å². The van der Waals surface area contributed by atoms with E-state index in [1.54, 1.807) is 25.1 Å². The van der Waals surface area contributed by atoms with Crippen LogP contribution in [0.2, 0.25) is 0 Å². The van der Waals surface area contributed by atoms with Crippen molar-refractivity contribution in [3.63, 3.8) is 0 Å². The lowest BCUT2D eigenvalue weighted by atomic mass is 10.1. The Hall–Kier alpha value is -3.35. The van der Waals surface area contributed by atoms with E-state index in [2.05, 4.69) is 11.9 Å². The van der Waals surface area contributed by atoms with E-state index in [1.165, 1.54) is 19.2 Å². The minimum Gasteiger partial charge on any atom is -0.493 e. The number of anilines is 1. The third kappa shape index (κ3) is 4.60. The molecule has 0 fully saturated rings. The number of hydrogen-bond acceptors (Lipinski definition) is 5. The van der Waals surface area contributed by atoms with Gasteiger partial charge in [0.2, 0.25) is 0 Å². The molecular formula is C19H20N2O5. The molecule has 2 rings (SSSR count). The zero-order valence-electron chi connectivity index (χ0n) is 14.7. The van der Waals surface area contributed by atoms with Crippen LogP contribution >= 0.6 is 0 Å². The smallest absolute Gasteiger partial charge is 0.274 e. The lowest BCUT2D eigenvalue weighted by Crippen LogP contribution is -2.21. The second-order valence-corrected chi connectivity index (χ2v) is 5.52. The summed E-state index contributed by atoms with van der Waals surface area (Å²) in [6, 6.07) is 9.91. The summed E-state index contributed by atoms with van der Waals surface area (Å²) in [5.74, 6) is 0.528. The number of nitrogens with zero attached hydrogens (tertiary/aromatic N) is 1. The minimum atomic E-state index is -0.489. The number of methoxy groups -OCH3 is 1. The molecule has 2 aromatic carbocycles. The standard InChI is InChI=1S/C19H20N2O5/c1-4-6-14-9-10-17(18(11-14)25-3)26-12-19(22)20-15-7-5-8-16(13(15)2)21(23)24/h4-5,7-11H,1,6,12H2,2-3H3,(H,20,22). The highest BCUT2D eigenvalue weighted by Crippen LogP contribution is 2.29. The van der Waals surface area contributed by atoms with Crippen molar-refractivity contribution in [1.29, 1.82) is 0 Å². The van der Waals surface area contributed by atoms with Crippen LogP contribution < -0.4 is 14.8 Å². The summed E-state index contributed by atoms with van der Waals surface area (Å²) in [4.78, 5) is 22.6. The molecule has 2 aromatic rings. The van der Waals surface area contributed by atoms with Gasteiger partial charge in [-0.25, -0.2) is 0 Å². The summed E-state index contributed by atoms with van der Waals surface area (Å²) in [5.41, 5.74) is 1.72. The molecule has 136 valence electrons. The van der Waals surface area contributed by atoms with Gasteiger partial charge in [0.25, 0.3) is 11.6 Å². The maximum absolute atomic E-state index is 12.1.